The number of hydrogen-bond acceptors (Lipinski definition) is 4. The number of benzene rings is 2. The lowest BCUT2D eigenvalue weighted by atomic mass is 10.2. The third-order valence-electron chi connectivity index (χ3n) is 2.93. The molecule has 2 aromatic carbocycles. The Kier molecular flexibility index (Phi) is 3.61. The molecule has 0 radical (unpaired) electrons. The van der Waals surface area contributed by atoms with E-state index in [0.717, 1.165) is 10.9 Å². The summed E-state index contributed by atoms with van der Waals surface area (Å²) in [5.41, 5.74) is 1.89. The second-order valence-corrected chi connectivity index (χ2v) is 5.04. The highest BCUT2D eigenvalue weighted by Crippen LogP contribution is 2.29. The maximum absolute atomic E-state index is 8.85. The zero-order chi connectivity index (χ0) is 14.8. The van der Waals surface area contributed by atoms with Gasteiger partial charge in [-0.15, -0.1) is 0 Å². The van der Waals surface area contributed by atoms with Gasteiger partial charge in [0, 0.05) is 5.39 Å². The summed E-state index contributed by atoms with van der Waals surface area (Å²) >= 11 is 12.1. The minimum absolute atomic E-state index is 0.154. The average molecular weight is 315 g/mol. The molecule has 102 valence electrons. The van der Waals surface area contributed by atoms with Gasteiger partial charge in [-0.05, 0) is 41.9 Å². The number of anilines is 2. The topological polar surface area (TPSA) is 61.6 Å². The SMILES string of the molecule is N#Cc1ccc(Nc2nc(Cl)nc3ccccc23)c(Cl)c1. The van der Waals surface area contributed by atoms with E-state index in [-0.39, 0.29) is 5.28 Å². The Morgan fingerprint density at radius 2 is 1.86 bits per heavy atom. The van der Waals surface area contributed by atoms with E-state index in [1.165, 1.54) is 0 Å². The molecule has 0 aliphatic carbocycles. The summed E-state index contributed by atoms with van der Waals surface area (Å²) in [5.74, 6) is 0.567. The van der Waals surface area contributed by atoms with Crippen molar-refractivity contribution in [3.63, 3.8) is 0 Å². The molecule has 0 aliphatic heterocycles. The van der Waals surface area contributed by atoms with Crippen LogP contribution in [-0.4, -0.2) is 9.97 Å². The van der Waals surface area contributed by atoms with Gasteiger partial charge in [0.25, 0.3) is 0 Å². The Labute approximate surface area is 131 Å². The van der Waals surface area contributed by atoms with E-state index in [9.17, 15) is 0 Å². The second-order valence-electron chi connectivity index (χ2n) is 4.29. The molecule has 4 nitrogen and oxygen atoms in total. The normalized spacial score (nSPS) is 10.3. The van der Waals surface area contributed by atoms with Gasteiger partial charge < -0.3 is 5.32 Å². The van der Waals surface area contributed by atoms with E-state index in [2.05, 4.69) is 15.3 Å². The third-order valence-corrected chi connectivity index (χ3v) is 3.41. The Bertz CT molecular complexity index is 871. The van der Waals surface area contributed by atoms with Gasteiger partial charge in [-0.3, -0.25) is 0 Å². The van der Waals surface area contributed by atoms with Crippen LogP contribution in [0.2, 0.25) is 10.3 Å². The van der Waals surface area contributed by atoms with Crippen molar-refractivity contribution in [2.75, 3.05) is 5.32 Å². The van der Waals surface area contributed by atoms with Crippen LogP contribution in [0.4, 0.5) is 11.5 Å². The monoisotopic (exact) mass is 314 g/mol. The second kappa shape index (κ2) is 5.57. The fourth-order valence-electron chi connectivity index (χ4n) is 1.96. The van der Waals surface area contributed by atoms with Crippen molar-refractivity contribution in [3.8, 4) is 6.07 Å². The van der Waals surface area contributed by atoms with Crippen LogP contribution in [-0.2, 0) is 0 Å². The number of nitrogens with zero attached hydrogens (tertiary/aromatic N) is 3. The number of para-hydroxylation sites is 1. The van der Waals surface area contributed by atoms with Crippen molar-refractivity contribution in [3.05, 3.63) is 58.3 Å². The maximum Gasteiger partial charge on any atom is 0.224 e. The van der Waals surface area contributed by atoms with Crippen LogP contribution in [0.3, 0.4) is 0 Å². The minimum atomic E-state index is 0.154. The van der Waals surface area contributed by atoms with Crippen LogP contribution in [0, 0.1) is 11.3 Å². The molecule has 0 amide bonds. The Hall–Kier alpha value is -2.35. The van der Waals surface area contributed by atoms with Gasteiger partial charge in [0.2, 0.25) is 5.28 Å². The number of hydrogen-bond donors (Lipinski definition) is 1. The van der Waals surface area contributed by atoms with Crippen molar-refractivity contribution in [1.29, 1.82) is 5.26 Å². The molecule has 0 atom stereocenters. The lowest BCUT2D eigenvalue weighted by Gasteiger charge is -2.10. The number of aromatic nitrogens is 2. The molecule has 1 N–H and O–H groups in total. The van der Waals surface area contributed by atoms with Gasteiger partial charge in [0.05, 0.1) is 27.9 Å². The first-order valence-corrected chi connectivity index (χ1v) is 6.82. The fourth-order valence-corrected chi connectivity index (χ4v) is 2.36. The lowest BCUT2D eigenvalue weighted by Crippen LogP contribution is -1.98. The third kappa shape index (κ3) is 2.75. The molecule has 6 heteroatoms. The first-order valence-electron chi connectivity index (χ1n) is 6.06. The number of halogens is 2. The summed E-state index contributed by atoms with van der Waals surface area (Å²) in [6, 6.07) is 14.6. The fraction of sp³-hybridized carbons (Fsp3) is 0. The molecule has 0 aliphatic rings. The molecule has 3 aromatic rings. The van der Waals surface area contributed by atoms with E-state index in [4.69, 9.17) is 28.5 Å². The maximum atomic E-state index is 8.85. The summed E-state index contributed by atoms with van der Waals surface area (Å²) in [5, 5.41) is 13.4. The first-order chi connectivity index (χ1) is 10.2. The van der Waals surface area contributed by atoms with Crippen molar-refractivity contribution in [2.45, 2.75) is 0 Å². The molecule has 0 saturated heterocycles. The molecule has 3 rings (SSSR count). The van der Waals surface area contributed by atoms with Crippen molar-refractivity contribution in [2.24, 2.45) is 0 Å². The largest absolute Gasteiger partial charge is 0.338 e. The molecule has 0 saturated carbocycles. The summed E-state index contributed by atoms with van der Waals surface area (Å²) in [4.78, 5) is 8.37. The minimum Gasteiger partial charge on any atom is -0.338 e. The van der Waals surface area contributed by atoms with E-state index in [1.54, 1.807) is 18.2 Å². The summed E-state index contributed by atoms with van der Waals surface area (Å²) in [6.07, 6.45) is 0. The van der Waals surface area contributed by atoms with Crippen LogP contribution in [0.15, 0.2) is 42.5 Å². The molecule has 0 spiro atoms. The van der Waals surface area contributed by atoms with E-state index in [1.807, 2.05) is 30.3 Å². The highest BCUT2D eigenvalue weighted by Gasteiger charge is 2.09. The summed E-state index contributed by atoms with van der Waals surface area (Å²) in [6.45, 7) is 0. The predicted molar refractivity (Wildman–Crippen MR) is 84.0 cm³/mol. The van der Waals surface area contributed by atoms with Crippen LogP contribution >= 0.6 is 23.2 Å². The van der Waals surface area contributed by atoms with E-state index < -0.39 is 0 Å². The molecular formula is C15H8Cl2N4. The molecule has 0 fully saturated rings. The van der Waals surface area contributed by atoms with Gasteiger partial charge in [-0.25, -0.2) is 4.98 Å². The lowest BCUT2D eigenvalue weighted by molar-refractivity contribution is 1.22. The first kappa shape index (κ1) is 13.6. The number of rotatable bonds is 2. The molecule has 1 heterocycles. The molecule has 21 heavy (non-hydrogen) atoms. The quantitative estimate of drug-likeness (QED) is 0.705. The van der Waals surface area contributed by atoms with Gasteiger partial charge in [0.15, 0.2) is 0 Å². The number of nitriles is 1. The van der Waals surface area contributed by atoms with Gasteiger partial charge in [-0.2, -0.15) is 10.2 Å². The molecule has 1 aromatic heterocycles. The van der Waals surface area contributed by atoms with Crippen molar-refractivity contribution in [1.82, 2.24) is 9.97 Å². The van der Waals surface area contributed by atoms with Crippen molar-refractivity contribution >= 4 is 45.6 Å². The highest BCUT2D eigenvalue weighted by atomic mass is 35.5. The van der Waals surface area contributed by atoms with Gasteiger partial charge >= 0.3 is 0 Å². The summed E-state index contributed by atoms with van der Waals surface area (Å²) in [7, 11) is 0. The predicted octanol–water partition coefficient (Wildman–Crippen LogP) is 4.55. The van der Waals surface area contributed by atoms with Crippen LogP contribution < -0.4 is 5.32 Å². The van der Waals surface area contributed by atoms with Crippen LogP contribution in [0.1, 0.15) is 5.56 Å². The Morgan fingerprint density at radius 3 is 2.62 bits per heavy atom. The highest BCUT2D eigenvalue weighted by molar-refractivity contribution is 6.33. The standard InChI is InChI=1S/C15H8Cl2N4/c16-11-7-9(8-18)5-6-13(11)19-14-10-3-1-2-4-12(10)20-15(17)21-14/h1-7H,(H,19,20,21). The Balaban J connectivity index is 2.08. The summed E-state index contributed by atoms with van der Waals surface area (Å²) < 4.78 is 0. The smallest absolute Gasteiger partial charge is 0.224 e. The van der Waals surface area contributed by atoms with Gasteiger partial charge in [-0.1, -0.05) is 23.7 Å². The van der Waals surface area contributed by atoms with Crippen molar-refractivity contribution < 1.29 is 0 Å². The van der Waals surface area contributed by atoms with E-state index in [0.29, 0.717) is 22.1 Å². The van der Waals surface area contributed by atoms with E-state index >= 15 is 0 Å². The van der Waals surface area contributed by atoms with Crippen LogP contribution in [0.25, 0.3) is 10.9 Å². The molecular weight excluding hydrogens is 307 g/mol. The van der Waals surface area contributed by atoms with Crippen LogP contribution in [0.5, 0.6) is 0 Å². The molecule has 0 unspecified atom stereocenters. The zero-order valence-corrected chi connectivity index (χ0v) is 12.2. The Morgan fingerprint density at radius 1 is 1.05 bits per heavy atom. The number of fused-ring (bicyclic) bond motifs is 1. The number of nitrogens with one attached hydrogen (secondary N) is 1. The average Bonchev–Trinajstić information content (AvgIpc) is 2.49. The zero-order valence-electron chi connectivity index (χ0n) is 10.6. The molecule has 0 bridgehead atoms. The van der Waals surface area contributed by atoms with Gasteiger partial charge in [0.1, 0.15) is 5.82 Å².